The number of anilines is 1. The van der Waals surface area contributed by atoms with Gasteiger partial charge in [0, 0.05) is 20.0 Å². The summed E-state index contributed by atoms with van der Waals surface area (Å²) in [5.41, 5.74) is 2.15. The Morgan fingerprint density at radius 2 is 2.00 bits per heavy atom. The molecule has 0 N–H and O–H groups in total. The summed E-state index contributed by atoms with van der Waals surface area (Å²) in [6.45, 7) is 5.13. The predicted molar refractivity (Wildman–Crippen MR) is 88.2 cm³/mol. The number of nitrogens with zero attached hydrogens (tertiary/aromatic N) is 3. The topological polar surface area (TPSA) is 36.4 Å². The van der Waals surface area contributed by atoms with E-state index < -0.39 is 0 Å². The number of amides is 1. The van der Waals surface area contributed by atoms with Crippen LogP contribution < -0.4 is 4.90 Å². The maximum absolute atomic E-state index is 11.8. The number of halogens is 1. The Kier molecular flexibility index (Phi) is 5.92. The molecule has 6 heteroatoms. The fourth-order valence-electron chi connectivity index (χ4n) is 1.88. The maximum Gasteiger partial charge on any atom is 0.225 e. The Bertz CT molecular complexity index is 597. The molecule has 4 nitrogen and oxygen atoms in total. The maximum atomic E-state index is 11.8. The lowest BCUT2D eigenvalue weighted by Crippen LogP contribution is -2.35. The van der Waals surface area contributed by atoms with Crippen molar-refractivity contribution < 1.29 is 4.79 Å². The smallest absolute Gasteiger partial charge is 0.225 e. The SMILES string of the molecule is CC(=O)N(CCN(C)C)c1nc2c(C)cccc2s1.Cl. The highest BCUT2D eigenvalue weighted by atomic mass is 35.5. The van der Waals surface area contributed by atoms with Crippen LogP contribution in [0.2, 0.25) is 0 Å². The average Bonchev–Trinajstić information content (AvgIpc) is 2.73. The van der Waals surface area contributed by atoms with Crippen molar-refractivity contribution in [2.45, 2.75) is 13.8 Å². The number of likely N-dealkylation sites (N-methyl/N-ethyl adjacent to an activating group) is 1. The van der Waals surface area contributed by atoms with Crippen LogP contribution in [0.5, 0.6) is 0 Å². The highest BCUT2D eigenvalue weighted by Crippen LogP contribution is 2.30. The zero-order valence-electron chi connectivity index (χ0n) is 12.2. The molecule has 0 unspecified atom stereocenters. The van der Waals surface area contributed by atoms with Gasteiger partial charge in [0.2, 0.25) is 5.91 Å². The van der Waals surface area contributed by atoms with Gasteiger partial charge in [-0.15, -0.1) is 12.4 Å². The summed E-state index contributed by atoms with van der Waals surface area (Å²) in [5.74, 6) is 0.0403. The Balaban J connectivity index is 0.00000200. The standard InChI is InChI=1S/C14H19N3OS.ClH/c1-10-6-5-7-12-13(10)15-14(19-12)17(11(2)18)9-8-16(3)4;/h5-7H,8-9H2,1-4H3;1H. The number of fused-ring (bicyclic) bond motifs is 1. The van der Waals surface area contributed by atoms with Crippen molar-refractivity contribution in [3.63, 3.8) is 0 Å². The van der Waals surface area contributed by atoms with Crippen LogP contribution in [0, 0.1) is 6.92 Å². The van der Waals surface area contributed by atoms with Gasteiger partial charge >= 0.3 is 0 Å². The summed E-state index contributed by atoms with van der Waals surface area (Å²) >= 11 is 1.58. The molecular formula is C14H20ClN3OS. The molecule has 1 heterocycles. The lowest BCUT2D eigenvalue weighted by molar-refractivity contribution is -0.116. The van der Waals surface area contributed by atoms with Crippen molar-refractivity contribution in [2.75, 3.05) is 32.1 Å². The number of para-hydroxylation sites is 1. The lowest BCUT2D eigenvalue weighted by Gasteiger charge is -2.20. The molecule has 0 atom stereocenters. The molecule has 0 aliphatic carbocycles. The van der Waals surface area contributed by atoms with E-state index in [1.54, 1.807) is 23.2 Å². The zero-order valence-corrected chi connectivity index (χ0v) is 13.8. The Morgan fingerprint density at radius 1 is 1.30 bits per heavy atom. The first-order valence-corrected chi connectivity index (χ1v) is 7.09. The van der Waals surface area contributed by atoms with E-state index in [0.29, 0.717) is 6.54 Å². The van der Waals surface area contributed by atoms with Gasteiger partial charge in [-0.1, -0.05) is 23.5 Å². The molecule has 2 rings (SSSR count). The van der Waals surface area contributed by atoms with Crippen molar-refractivity contribution in [1.29, 1.82) is 0 Å². The first-order chi connectivity index (χ1) is 8.99. The van der Waals surface area contributed by atoms with Gasteiger partial charge in [-0.05, 0) is 32.6 Å². The van der Waals surface area contributed by atoms with Gasteiger partial charge in [0.15, 0.2) is 5.13 Å². The number of rotatable bonds is 4. The van der Waals surface area contributed by atoms with Gasteiger partial charge in [-0.25, -0.2) is 4.98 Å². The second-order valence-corrected chi connectivity index (χ2v) is 5.90. The van der Waals surface area contributed by atoms with Gasteiger partial charge in [0.25, 0.3) is 0 Å². The fraction of sp³-hybridized carbons (Fsp3) is 0.429. The number of thiazole rings is 1. The third kappa shape index (κ3) is 3.69. The van der Waals surface area contributed by atoms with E-state index in [2.05, 4.69) is 9.88 Å². The summed E-state index contributed by atoms with van der Waals surface area (Å²) in [5, 5.41) is 0.790. The largest absolute Gasteiger partial charge is 0.308 e. The number of hydrogen-bond acceptors (Lipinski definition) is 4. The molecule has 20 heavy (non-hydrogen) atoms. The van der Waals surface area contributed by atoms with Crippen molar-refractivity contribution in [3.05, 3.63) is 23.8 Å². The molecule has 1 aromatic carbocycles. The second-order valence-electron chi connectivity index (χ2n) is 4.89. The van der Waals surface area contributed by atoms with Crippen molar-refractivity contribution >= 4 is 45.0 Å². The van der Waals surface area contributed by atoms with E-state index in [4.69, 9.17) is 0 Å². The number of carbonyl (C=O) groups excluding carboxylic acids is 1. The molecule has 0 fully saturated rings. The third-order valence-corrected chi connectivity index (χ3v) is 4.03. The van der Waals surface area contributed by atoms with Crippen LogP contribution >= 0.6 is 23.7 Å². The molecule has 1 aromatic heterocycles. The van der Waals surface area contributed by atoms with E-state index in [1.807, 2.05) is 39.2 Å². The molecule has 0 aliphatic heterocycles. The van der Waals surface area contributed by atoms with E-state index >= 15 is 0 Å². The van der Waals surface area contributed by atoms with E-state index in [1.165, 1.54) is 0 Å². The monoisotopic (exact) mass is 313 g/mol. The molecule has 2 aromatic rings. The van der Waals surface area contributed by atoms with E-state index in [-0.39, 0.29) is 18.3 Å². The minimum atomic E-state index is 0. The normalized spacial score (nSPS) is 10.7. The first kappa shape index (κ1) is 16.9. The number of carbonyl (C=O) groups is 1. The van der Waals surface area contributed by atoms with Gasteiger partial charge in [-0.2, -0.15) is 0 Å². The minimum Gasteiger partial charge on any atom is -0.308 e. The molecule has 0 spiro atoms. The van der Waals surface area contributed by atoms with Crippen molar-refractivity contribution in [3.8, 4) is 0 Å². The molecule has 0 saturated carbocycles. The van der Waals surface area contributed by atoms with Crippen molar-refractivity contribution in [1.82, 2.24) is 9.88 Å². The Morgan fingerprint density at radius 3 is 2.55 bits per heavy atom. The summed E-state index contributed by atoms with van der Waals surface area (Å²) in [6.07, 6.45) is 0. The quantitative estimate of drug-likeness (QED) is 0.871. The van der Waals surface area contributed by atoms with Crippen LogP contribution in [0.25, 0.3) is 10.2 Å². The molecule has 0 bridgehead atoms. The van der Waals surface area contributed by atoms with E-state index in [0.717, 1.165) is 27.5 Å². The summed E-state index contributed by atoms with van der Waals surface area (Å²) in [6, 6.07) is 6.12. The minimum absolute atomic E-state index is 0. The van der Waals surface area contributed by atoms with Gasteiger partial charge < -0.3 is 4.90 Å². The van der Waals surface area contributed by atoms with Crippen LogP contribution in [-0.4, -0.2) is 43.0 Å². The predicted octanol–water partition coefficient (Wildman–Crippen LogP) is 2.94. The first-order valence-electron chi connectivity index (χ1n) is 6.28. The fourth-order valence-corrected chi connectivity index (χ4v) is 2.99. The number of benzene rings is 1. The van der Waals surface area contributed by atoms with E-state index in [9.17, 15) is 4.79 Å². The van der Waals surface area contributed by atoms with Crippen LogP contribution in [-0.2, 0) is 4.79 Å². The van der Waals surface area contributed by atoms with Crippen LogP contribution in [0.3, 0.4) is 0 Å². The average molecular weight is 314 g/mol. The molecule has 110 valence electrons. The number of aromatic nitrogens is 1. The number of hydrogen-bond donors (Lipinski definition) is 0. The van der Waals surface area contributed by atoms with Crippen molar-refractivity contribution in [2.24, 2.45) is 0 Å². The summed E-state index contributed by atoms with van der Waals surface area (Å²) < 4.78 is 1.13. The zero-order chi connectivity index (χ0) is 14.0. The molecule has 0 aliphatic rings. The molecule has 0 radical (unpaired) electrons. The van der Waals surface area contributed by atoms with Crippen LogP contribution in [0.1, 0.15) is 12.5 Å². The summed E-state index contributed by atoms with van der Waals surface area (Å²) in [4.78, 5) is 20.2. The molecule has 0 saturated heterocycles. The Labute approximate surface area is 129 Å². The molecular weight excluding hydrogens is 294 g/mol. The van der Waals surface area contributed by atoms with Crippen LogP contribution in [0.15, 0.2) is 18.2 Å². The summed E-state index contributed by atoms with van der Waals surface area (Å²) in [7, 11) is 4.00. The second kappa shape index (κ2) is 7.02. The highest BCUT2D eigenvalue weighted by Gasteiger charge is 2.16. The van der Waals surface area contributed by atoms with Gasteiger partial charge in [0.05, 0.1) is 10.2 Å². The number of aryl methyl sites for hydroxylation is 1. The highest BCUT2D eigenvalue weighted by molar-refractivity contribution is 7.22. The molecule has 1 amide bonds. The van der Waals surface area contributed by atoms with Gasteiger partial charge in [0.1, 0.15) is 0 Å². The third-order valence-electron chi connectivity index (χ3n) is 2.99. The van der Waals surface area contributed by atoms with Gasteiger partial charge in [-0.3, -0.25) is 9.69 Å². The lowest BCUT2D eigenvalue weighted by atomic mass is 10.2. The Hall–Kier alpha value is -1.17. The van der Waals surface area contributed by atoms with Crippen LogP contribution in [0.4, 0.5) is 5.13 Å².